The van der Waals surface area contributed by atoms with E-state index >= 15 is 0 Å². The summed E-state index contributed by atoms with van der Waals surface area (Å²) in [6, 6.07) is 12.3. The first-order chi connectivity index (χ1) is 14.5. The largest absolute Gasteiger partial charge is 0.495 e. The first-order valence-corrected chi connectivity index (χ1v) is 10.6. The van der Waals surface area contributed by atoms with Crippen LogP contribution in [0.3, 0.4) is 0 Å². The second kappa shape index (κ2) is 9.86. The Morgan fingerprint density at radius 3 is 2.63 bits per heavy atom. The molecule has 3 rings (SSSR count). The minimum Gasteiger partial charge on any atom is -0.495 e. The van der Waals surface area contributed by atoms with Crippen LogP contribution in [0.15, 0.2) is 47.5 Å². The number of nitrogens with one attached hydrogen (secondary N) is 1. The third-order valence-corrected chi connectivity index (χ3v) is 5.85. The first-order valence-electron chi connectivity index (χ1n) is 9.30. The van der Waals surface area contributed by atoms with Crippen molar-refractivity contribution in [2.75, 3.05) is 26.1 Å². The Morgan fingerprint density at radius 2 is 1.93 bits per heavy atom. The zero-order valence-electron chi connectivity index (χ0n) is 16.8. The lowest BCUT2D eigenvalue weighted by Crippen LogP contribution is -2.33. The predicted molar refractivity (Wildman–Crippen MR) is 120 cm³/mol. The number of nitrogens with zero attached hydrogens (tertiary/aromatic N) is 2. The van der Waals surface area contributed by atoms with Crippen molar-refractivity contribution in [1.29, 1.82) is 0 Å². The number of hydrogen-bond acceptors (Lipinski definition) is 6. The van der Waals surface area contributed by atoms with Crippen molar-refractivity contribution in [1.82, 2.24) is 4.90 Å². The lowest BCUT2D eigenvalue weighted by molar-refractivity contribution is -0.128. The van der Waals surface area contributed by atoms with Gasteiger partial charge < -0.3 is 14.8 Å². The highest BCUT2D eigenvalue weighted by Crippen LogP contribution is 2.35. The number of amides is 2. The summed E-state index contributed by atoms with van der Waals surface area (Å²) in [4.78, 5) is 31.6. The molecule has 30 heavy (non-hydrogen) atoms. The Labute approximate surface area is 184 Å². The fourth-order valence-corrected chi connectivity index (χ4v) is 4.38. The summed E-state index contributed by atoms with van der Waals surface area (Å²) in [5.74, 6) is 0.649. The second-order valence-corrected chi connectivity index (χ2v) is 7.96. The molecule has 0 aromatic heterocycles. The van der Waals surface area contributed by atoms with Gasteiger partial charge >= 0.3 is 0 Å². The number of halogens is 1. The van der Waals surface area contributed by atoms with E-state index in [2.05, 4.69) is 10.3 Å². The van der Waals surface area contributed by atoms with Gasteiger partial charge in [-0.1, -0.05) is 35.5 Å². The Kier molecular flexibility index (Phi) is 7.23. The van der Waals surface area contributed by atoms with Gasteiger partial charge in [0.25, 0.3) is 0 Å². The normalized spacial score (nSPS) is 17.3. The van der Waals surface area contributed by atoms with E-state index in [1.54, 1.807) is 36.3 Å². The van der Waals surface area contributed by atoms with E-state index < -0.39 is 5.25 Å². The van der Waals surface area contributed by atoms with E-state index in [-0.39, 0.29) is 18.2 Å². The Morgan fingerprint density at radius 1 is 1.20 bits per heavy atom. The Hall–Kier alpha value is -2.71. The summed E-state index contributed by atoms with van der Waals surface area (Å²) < 4.78 is 10.6. The number of amidine groups is 1. The maximum Gasteiger partial charge on any atom is 0.242 e. The molecule has 158 valence electrons. The van der Waals surface area contributed by atoms with Gasteiger partial charge in [0, 0.05) is 18.0 Å². The van der Waals surface area contributed by atoms with Gasteiger partial charge in [-0.3, -0.25) is 14.5 Å². The highest BCUT2D eigenvalue weighted by molar-refractivity contribution is 8.15. The van der Waals surface area contributed by atoms with Crippen LogP contribution in [0.4, 0.5) is 11.4 Å². The zero-order chi connectivity index (χ0) is 21.7. The van der Waals surface area contributed by atoms with Crippen LogP contribution < -0.4 is 14.8 Å². The van der Waals surface area contributed by atoms with Gasteiger partial charge in [-0.2, -0.15) is 0 Å². The van der Waals surface area contributed by atoms with Crippen molar-refractivity contribution < 1.29 is 19.1 Å². The third kappa shape index (κ3) is 4.88. The molecule has 1 aliphatic rings. The number of carbonyl (C=O) groups excluding carboxylic acids is 2. The van der Waals surface area contributed by atoms with Crippen LogP contribution in [0.1, 0.15) is 13.3 Å². The molecule has 2 aromatic carbocycles. The molecule has 1 heterocycles. The van der Waals surface area contributed by atoms with E-state index in [1.165, 1.54) is 18.9 Å². The Bertz CT molecular complexity index is 982. The molecule has 0 aliphatic carbocycles. The van der Waals surface area contributed by atoms with Crippen LogP contribution in [0.25, 0.3) is 0 Å². The van der Waals surface area contributed by atoms with Gasteiger partial charge in [0.1, 0.15) is 22.4 Å². The van der Waals surface area contributed by atoms with Crippen molar-refractivity contribution in [2.45, 2.75) is 18.6 Å². The molecular weight excluding hydrogens is 426 g/mol. The fraction of sp³-hybridized carbons (Fsp3) is 0.286. The van der Waals surface area contributed by atoms with Crippen molar-refractivity contribution >= 4 is 51.7 Å². The number of benzene rings is 2. The molecule has 7 nitrogen and oxygen atoms in total. The monoisotopic (exact) mass is 447 g/mol. The highest BCUT2D eigenvalue weighted by Gasteiger charge is 2.38. The van der Waals surface area contributed by atoms with Crippen LogP contribution in [-0.4, -0.2) is 47.9 Å². The summed E-state index contributed by atoms with van der Waals surface area (Å²) in [5.41, 5.74) is 1.09. The van der Waals surface area contributed by atoms with Crippen molar-refractivity contribution in [2.24, 2.45) is 4.99 Å². The van der Waals surface area contributed by atoms with Crippen molar-refractivity contribution in [3.8, 4) is 11.5 Å². The van der Waals surface area contributed by atoms with Crippen LogP contribution in [-0.2, 0) is 9.59 Å². The molecule has 0 saturated carbocycles. The molecule has 0 radical (unpaired) electrons. The smallest absolute Gasteiger partial charge is 0.242 e. The predicted octanol–water partition coefficient (Wildman–Crippen LogP) is 4.34. The van der Waals surface area contributed by atoms with E-state index in [4.69, 9.17) is 21.1 Å². The van der Waals surface area contributed by atoms with Crippen molar-refractivity contribution in [3.05, 3.63) is 47.5 Å². The quantitative estimate of drug-likeness (QED) is 0.683. The number of ether oxygens (including phenoxy) is 2. The maximum absolute atomic E-state index is 12.8. The highest BCUT2D eigenvalue weighted by atomic mass is 35.5. The molecule has 1 fully saturated rings. The topological polar surface area (TPSA) is 80.2 Å². The minimum absolute atomic E-state index is 0.000607. The summed E-state index contributed by atoms with van der Waals surface area (Å²) >= 11 is 7.28. The molecule has 0 spiro atoms. The van der Waals surface area contributed by atoms with Crippen LogP contribution in [0, 0.1) is 0 Å². The molecule has 0 unspecified atom stereocenters. The minimum atomic E-state index is -0.566. The Balaban J connectivity index is 1.76. The van der Waals surface area contributed by atoms with E-state index in [1.807, 2.05) is 25.1 Å². The lowest BCUT2D eigenvalue weighted by Gasteiger charge is -2.14. The van der Waals surface area contributed by atoms with E-state index in [0.717, 1.165) is 0 Å². The van der Waals surface area contributed by atoms with E-state index in [0.29, 0.717) is 39.6 Å². The number of aliphatic imine (C=N–C) groups is 1. The average molecular weight is 448 g/mol. The molecular formula is C21H22ClN3O4S. The molecule has 2 amide bonds. The van der Waals surface area contributed by atoms with Crippen LogP contribution in [0.5, 0.6) is 11.5 Å². The van der Waals surface area contributed by atoms with Crippen LogP contribution >= 0.6 is 23.4 Å². The first kappa shape index (κ1) is 22.0. The molecule has 1 N–H and O–H groups in total. The van der Waals surface area contributed by atoms with Gasteiger partial charge in [0.15, 0.2) is 5.17 Å². The summed E-state index contributed by atoms with van der Waals surface area (Å²) in [6.07, 6.45) is 0.000607. The summed E-state index contributed by atoms with van der Waals surface area (Å²) in [6.45, 7) is 2.33. The lowest BCUT2D eigenvalue weighted by atomic mass is 10.2. The second-order valence-electron chi connectivity index (χ2n) is 6.35. The fourth-order valence-electron chi connectivity index (χ4n) is 2.99. The average Bonchev–Trinajstić information content (AvgIpc) is 3.02. The van der Waals surface area contributed by atoms with E-state index in [9.17, 15) is 9.59 Å². The molecule has 1 aliphatic heterocycles. The van der Waals surface area contributed by atoms with Crippen molar-refractivity contribution in [3.63, 3.8) is 0 Å². The number of anilines is 1. The van der Waals surface area contributed by atoms with Gasteiger partial charge in [-0.15, -0.1) is 0 Å². The number of rotatable bonds is 7. The zero-order valence-corrected chi connectivity index (χ0v) is 18.4. The maximum atomic E-state index is 12.8. The van der Waals surface area contributed by atoms with Gasteiger partial charge in [-0.25, -0.2) is 4.99 Å². The van der Waals surface area contributed by atoms with Gasteiger partial charge in [0.2, 0.25) is 11.8 Å². The van der Waals surface area contributed by atoms with Gasteiger partial charge in [0.05, 0.1) is 19.9 Å². The molecule has 0 bridgehead atoms. The number of carbonyl (C=O) groups is 2. The molecule has 9 heteroatoms. The number of thioether (sulfide) groups is 1. The molecule has 1 saturated heterocycles. The summed E-state index contributed by atoms with van der Waals surface area (Å²) in [5, 5.41) is 3.23. The standard InChI is InChI=1S/C21H22ClN3O4S/c1-4-25-20(27)18(30-21(25)24-14-7-5-6-8-16(14)28-2)12-19(26)23-15-11-13(22)9-10-17(15)29-3/h5-11,18H,4,12H2,1-3H3,(H,23,26)/t18-/m1/s1. The molecule has 1 atom stereocenters. The third-order valence-electron chi connectivity index (χ3n) is 4.44. The SMILES string of the molecule is CCN1C(=O)[C@@H](CC(=O)Nc2cc(Cl)ccc2OC)SC1=Nc1ccccc1OC. The number of methoxy groups -OCH3 is 2. The number of hydrogen-bond donors (Lipinski definition) is 1. The summed E-state index contributed by atoms with van der Waals surface area (Å²) in [7, 11) is 3.08. The van der Waals surface area contributed by atoms with Crippen LogP contribution in [0.2, 0.25) is 5.02 Å². The van der Waals surface area contributed by atoms with Gasteiger partial charge in [-0.05, 0) is 37.3 Å². The number of para-hydroxylation sites is 2. The molecule has 2 aromatic rings.